The summed E-state index contributed by atoms with van der Waals surface area (Å²) in [6.07, 6.45) is 6.56. The van der Waals surface area contributed by atoms with Gasteiger partial charge in [-0.25, -0.2) is 9.67 Å². The van der Waals surface area contributed by atoms with Gasteiger partial charge in [-0.15, -0.1) is 0 Å². The van der Waals surface area contributed by atoms with Crippen LogP contribution in [-0.4, -0.2) is 50.0 Å². The molecule has 2 aromatic carbocycles. The number of carbonyl (C=O) groups is 1. The van der Waals surface area contributed by atoms with Gasteiger partial charge < -0.3 is 20.5 Å². The van der Waals surface area contributed by atoms with Crippen LogP contribution in [0.3, 0.4) is 0 Å². The maximum atomic E-state index is 12.9. The van der Waals surface area contributed by atoms with Crippen LogP contribution < -0.4 is 20.9 Å². The standard InChI is InChI=1S/C31H33ClN6O4/c1-18-19(8-7-12-23(18)36-29(40)22-14-15-35-38(2)31(22)41)20-9-6-10-21(28(20)32)25-16-34-26(30(37-25)42-3)17-33-24-11-4-5-13-27(24)39/h6-10,12,14-16,24,27,33,39H,4-5,11,13,17H2,1-3H3,(H,36,40)/t24?,27-/m0/s1. The van der Waals surface area contributed by atoms with E-state index in [2.05, 4.69) is 20.7 Å². The third kappa shape index (κ3) is 6.06. The van der Waals surface area contributed by atoms with E-state index in [0.29, 0.717) is 40.1 Å². The Morgan fingerprint density at radius 3 is 2.64 bits per heavy atom. The normalized spacial score (nSPS) is 16.7. The number of aliphatic hydroxyl groups is 1. The first kappa shape index (κ1) is 29.4. The number of rotatable bonds is 8. The van der Waals surface area contributed by atoms with Gasteiger partial charge in [-0.1, -0.05) is 54.8 Å². The number of amides is 1. The minimum atomic E-state index is -0.520. The van der Waals surface area contributed by atoms with Gasteiger partial charge in [0.15, 0.2) is 0 Å². The summed E-state index contributed by atoms with van der Waals surface area (Å²) in [7, 11) is 3.04. The van der Waals surface area contributed by atoms with Gasteiger partial charge in [0.2, 0.25) is 5.88 Å². The quantitative estimate of drug-likeness (QED) is 0.274. The SMILES string of the molecule is COc1nc(-c2cccc(-c3cccc(NC(=O)c4ccnn(C)c4=O)c3C)c2Cl)cnc1CNC1CCCC[C@@H]1O. The summed E-state index contributed by atoms with van der Waals surface area (Å²) < 4.78 is 6.68. The smallest absolute Gasteiger partial charge is 0.279 e. The Bertz CT molecular complexity index is 1670. The van der Waals surface area contributed by atoms with Crippen LogP contribution in [0.15, 0.2) is 59.7 Å². The lowest BCUT2D eigenvalue weighted by molar-refractivity contribution is 0.0899. The molecule has 1 fully saturated rings. The summed E-state index contributed by atoms with van der Waals surface area (Å²) in [5, 5.41) is 20.9. The molecule has 0 bridgehead atoms. The van der Waals surface area contributed by atoms with Gasteiger partial charge in [0.1, 0.15) is 11.3 Å². The fraction of sp³-hybridized carbons (Fsp3) is 0.323. The van der Waals surface area contributed by atoms with Crippen molar-refractivity contribution in [1.29, 1.82) is 0 Å². The number of aliphatic hydroxyl groups excluding tert-OH is 1. The molecule has 0 radical (unpaired) electrons. The van der Waals surface area contributed by atoms with Crippen molar-refractivity contribution < 1.29 is 14.6 Å². The number of hydrogen-bond acceptors (Lipinski definition) is 8. The van der Waals surface area contributed by atoms with Gasteiger partial charge in [-0.3, -0.25) is 14.6 Å². The second-order valence-electron chi connectivity index (χ2n) is 10.3. The Balaban J connectivity index is 1.41. The number of nitrogens with one attached hydrogen (secondary N) is 2. The molecule has 2 heterocycles. The van der Waals surface area contributed by atoms with Crippen molar-refractivity contribution in [1.82, 2.24) is 25.1 Å². The van der Waals surface area contributed by atoms with Gasteiger partial charge in [0.05, 0.1) is 30.1 Å². The highest BCUT2D eigenvalue weighted by atomic mass is 35.5. The topological polar surface area (TPSA) is 131 Å². The number of nitrogens with zero attached hydrogens (tertiary/aromatic N) is 4. The van der Waals surface area contributed by atoms with Crippen LogP contribution in [0.5, 0.6) is 5.88 Å². The highest BCUT2D eigenvalue weighted by Gasteiger charge is 2.23. The zero-order valence-corrected chi connectivity index (χ0v) is 24.5. The van der Waals surface area contributed by atoms with E-state index >= 15 is 0 Å². The molecule has 5 rings (SSSR count). The summed E-state index contributed by atoms with van der Waals surface area (Å²) in [6.45, 7) is 2.31. The maximum Gasteiger partial charge on any atom is 0.279 e. The van der Waals surface area contributed by atoms with Gasteiger partial charge in [-0.2, -0.15) is 5.10 Å². The van der Waals surface area contributed by atoms with Gasteiger partial charge in [0.25, 0.3) is 11.5 Å². The first-order valence-electron chi connectivity index (χ1n) is 13.8. The number of hydrogen-bond donors (Lipinski definition) is 3. The molecule has 42 heavy (non-hydrogen) atoms. The van der Waals surface area contributed by atoms with Crippen molar-refractivity contribution in [3.63, 3.8) is 0 Å². The van der Waals surface area contributed by atoms with Crippen molar-refractivity contribution in [2.45, 2.75) is 51.3 Å². The van der Waals surface area contributed by atoms with E-state index in [1.807, 2.05) is 37.3 Å². The molecular weight excluding hydrogens is 556 g/mol. The molecule has 10 nitrogen and oxygen atoms in total. The molecule has 3 N–H and O–H groups in total. The average molecular weight is 589 g/mol. The molecule has 2 atom stereocenters. The highest BCUT2D eigenvalue weighted by molar-refractivity contribution is 6.36. The number of anilines is 1. The zero-order valence-electron chi connectivity index (χ0n) is 23.7. The lowest BCUT2D eigenvalue weighted by atomic mass is 9.92. The molecule has 1 aliphatic carbocycles. The van der Waals surface area contributed by atoms with Crippen molar-refractivity contribution in [3.8, 4) is 28.3 Å². The van der Waals surface area contributed by atoms with Crippen LogP contribution >= 0.6 is 11.6 Å². The van der Waals surface area contributed by atoms with E-state index in [-0.39, 0.29) is 17.7 Å². The molecule has 0 aliphatic heterocycles. The fourth-order valence-corrected chi connectivity index (χ4v) is 5.58. The van der Waals surface area contributed by atoms with E-state index in [0.717, 1.165) is 47.1 Å². The molecule has 0 spiro atoms. The average Bonchev–Trinajstić information content (AvgIpc) is 2.99. The summed E-state index contributed by atoms with van der Waals surface area (Å²) in [4.78, 5) is 34.6. The molecule has 218 valence electrons. The number of ether oxygens (including phenoxy) is 1. The monoisotopic (exact) mass is 588 g/mol. The van der Waals surface area contributed by atoms with Crippen molar-refractivity contribution in [2.75, 3.05) is 12.4 Å². The number of halogens is 1. The maximum absolute atomic E-state index is 12.9. The minimum Gasteiger partial charge on any atom is -0.480 e. The van der Waals surface area contributed by atoms with E-state index in [9.17, 15) is 14.7 Å². The van der Waals surface area contributed by atoms with E-state index in [1.54, 1.807) is 19.4 Å². The Hall–Kier alpha value is -4.12. The summed E-state index contributed by atoms with van der Waals surface area (Å²) in [5.74, 6) is -0.136. The zero-order chi connectivity index (χ0) is 29.8. The third-order valence-electron chi connectivity index (χ3n) is 7.66. The molecule has 4 aromatic rings. The highest BCUT2D eigenvalue weighted by Crippen LogP contribution is 2.39. The summed E-state index contributed by atoms with van der Waals surface area (Å²) >= 11 is 6.97. The van der Waals surface area contributed by atoms with E-state index in [4.69, 9.17) is 21.3 Å². The minimum absolute atomic E-state index is 0.00146. The molecular formula is C31H33ClN6O4. The predicted octanol–water partition coefficient (Wildman–Crippen LogP) is 4.52. The van der Waals surface area contributed by atoms with Crippen LogP contribution in [0.4, 0.5) is 5.69 Å². The molecule has 1 amide bonds. The number of carbonyl (C=O) groups excluding carboxylic acids is 1. The molecule has 0 saturated heterocycles. The lowest BCUT2D eigenvalue weighted by Gasteiger charge is -2.28. The third-order valence-corrected chi connectivity index (χ3v) is 8.07. The first-order chi connectivity index (χ1) is 20.3. The second-order valence-corrected chi connectivity index (χ2v) is 10.7. The van der Waals surface area contributed by atoms with Crippen LogP contribution in [0.2, 0.25) is 5.02 Å². The van der Waals surface area contributed by atoms with E-state index in [1.165, 1.54) is 19.3 Å². The van der Waals surface area contributed by atoms with Crippen molar-refractivity contribution >= 4 is 23.2 Å². The fourth-order valence-electron chi connectivity index (χ4n) is 5.26. The summed E-state index contributed by atoms with van der Waals surface area (Å²) in [5.41, 5.74) is 4.30. The molecule has 2 aromatic heterocycles. The summed E-state index contributed by atoms with van der Waals surface area (Å²) in [6, 6.07) is 12.6. The molecule has 1 unspecified atom stereocenters. The Morgan fingerprint density at radius 2 is 1.86 bits per heavy atom. The number of aryl methyl sites for hydroxylation is 1. The van der Waals surface area contributed by atoms with E-state index < -0.39 is 11.5 Å². The molecule has 1 aliphatic rings. The lowest BCUT2D eigenvalue weighted by Crippen LogP contribution is -2.41. The Labute approximate surface area is 248 Å². The predicted molar refractivity (Wildman–Crippen MR) is 162 cm³/mol. The van der Waals surface area contributed by atoms with Crippen LogP contribution in [0.1, 0.15) is 47.3 Å². The van der Waals surface area contributed by atoms with Crippen LogP contribution in [0, 0.1) is 6.92 Å². The van der Waals surface area contributed by atoms with Crippen LogP contribution in [-0.2, 0) is 13.6 Å². The van der Waals surface area contributed by atoms with Crippen molar-refractivity contribution in [3.05, 3.63) is 87.1 Å². The van der Waals surface area contributed by atoms with Crippen molar-refractivity contribution in [2.24, 2.45) is 7.05 Å². The number of methoxy groups -OCH3 is 1. The molecule has 1 saturated carbocycles. The van der Waals surface area contributed by atoms with Gasteiger partial charge in [0, 0.05) is 42.6 Å². The largest absolute Gasteiger partial charge is 0.480 e. The number of aromatic nitrogens is 4. The first-order valence-corrected chi connectivity index (χ1v) is 14.2. The second kappa shape index (κ2) is 12.8. The van der Waals surface area contributed by atoms with Gasteiger partial charge >= 0.3 is 0 Å². The molecule has 11 heteroatoms. The number of benzene rings is 2. The van der Waals surface area contributed by atoms with Crippen LogP contribution in [0.25, 0.3) is 22.4 Å². The Morgan fingerprint density at radius 1 is 1.12 bits per heavy atom. The van der Waals surface area contributed by atoms with Gasteiger partial charge in [-0.05, 0) is 43.0 Å². The Kier molecular flexibility index (Phi) is 8.96.